The van der Waals surface area contributed by atoms with E-state index in [1.807, 2.05) is 36.4 Å². The van der Waals surface area contributed by atoms with Crippen LogP contribution in [0, 0.1) is 11.3 Å². The fourth-order valence-electron chi connectivity index (χ4n) is 1.32. The number of nitriles is 1. The Kier molecular flexibility index (Phi) is 4.86. The standard InChI is InChI=1S/C14H11NSe2/c15-11-14(16-12-7-3-1-4-8-12)17-13-9-5-2-6-10-13/h1-10,14H. The molecule has 0 unspecified atom stereocenters. The minimum absolute atomic E-state index is 0.180. The van der Waals surface area contributed by atoms with Crippen LogP contribution in [0.3, 0.4) is 0 Å². The first kappa shape index (κ1) is 12.4. The Morgan fingerprint density at radius 3 is 1.53 bits per heavy atom. The zero-order valence-corrected chi connectivity index (χ0v) is 12.5. The molecule has 0 radical (unpaired) electrons. The van der Waals surface area contributed by atoms with Crippen molar-refractivity contribution in [2.45, 2.75) is 3.71 Å². The molecular formula is C14H11NSe2. The van der Waals surface area contributed by atoms with Gasteiger partial charge in [0.2, 0.25) is 0 Å². The molecule has 0 aliphatic heterocycles. The summed E-state index contributed by atoms with van der Waals surface area (Å²) in [5, 5.41) is 9.23. The second kappa shape index (κ2) is 6.64. The fourth-order valence-corrected chi connectivity index (χ4v) is 6.95. The van der Waals surface area contributed by atoms with Crippen molar-refractivity contribution in [3.05, 3.63) is 60.7 Å². The second-order valence-corrected chi connectivity index (χ2v) is 9.78. The molecule has 2 aromatic carbocycles. The fraction of sp³-hybridized carbons (Fsp3) is 0.0714. The van der Waals surface area contributed by atoms with Crippen molar-refractivity contribution in [2.75, 3.05) is 0 Å². The van der Waals surface area contributed by atoms with E-state index in [0.717, 1.165) is 0 Å². The van der Waals surface area contributed by atoms with E-state index in [2.05, 4.69) is 30.3 Å². The molecule has 0 N–H and O–H groups in total. The molecule has 0 aliphatic rings. The van der Waals surface area contributed by atoms with E-state index < -0.39 is 0 Å². The Balaban J connectivity index is 2.01. The molecule has 84 valence electrons. The molecule has 2 rings (SSSR count). The van der Waals surface area contributed by atoms with Gasteiger partial charge in [0.15, 0.2) is 0 Å². The normalized spacial score (nSPS) is 10.1. The van der Waals surface area contributed by atoms with Gasteiger partial charge in [-0.3, -0.25) is 0 Å². The number of nitrogens with zero attached hydrogens (tertiary/aromatic N) is 1. The van der Waals surface area contributed by atoms with Gasteiger partial charge < -0.3 is 0 Å². The Labute approximate surface area is 114 Å². The summed E-state index contributed by atoms with van der Waals surface area (Å²) >= 11 is 0.512. The number of hydrogen-bond acceptors (Lipinski definition) is 1. The predicted octanol–water partition coefficient (Wildman–Crippen LogP) is 1.32. The zero-order valence-electron chi connectivity index (χ0n) is 9.11. The summed E-state index contributed by atoms with van der Waals surface area (Å²) in [5.41, 5.74) is 0. The Morgan fingerprint density at radius 1 is 0.765 bits per heavy atom. The second-order valence-electron chi connectivity index (χ2n) is 3.32. The van der Waals surface area contributed by atoms with Gasteiger partial charge in [-0.2, -0.15) is 0 Å². The monoisotopic (exact) mass is 353 g/mol. The molecule has 1 nitrogen and oxygen atoms in total. The van der Waals surface area contributed by atoms with Crippen molar-refractivity contribution in [1.82, 2.24) is 0 Å². The maximum atomic E-state index is 9.23. The van der Waals surface area contributed by atoms with Gasteiger partial charge in [-0.25, -0.2) is 0 Å². The molecule has 0 fully saturated rings. The van der Waals surface area contributed by atoms with Crippen molar-refractivity contribution in [2.24, 2.45) is 0 Å². The third-order valence-corrected chi connectivity index (χ3v) is 7.80. The Hall–Kier alpha value is -1.03. The number of hydrogen-bond donors (Lipinski definition) is 0. The molecule has 0 atom stereocenters. The molecule has 0 heterocycles. The van der Waals surface area contributed by atoms with Crippen LogP contribution in [-0.2, 0) is 0 Å². The van der Waals surface area contributed by atoms with Crippen LogP contribution in [0.5, 0.6) is 0 Å². The Morgan fingerprint density at radius 2 is 1.18 bits per heavy atom. The van der Waals surface area contributed by atoms with Gasteiger partial charge in [0.25, 0.3) is 0 Å². The predicted molar refractivity (Wildman–Crippen MR) is 73.0 cm³/mol. The first-order chi connectivity index (χ1) is 8.38. The van der Waals surface area contributed by atoms with Crippen molar-refractivity contribution < 1.29 is 0 Å². The summed E-state index contributed by atoms with van der Waals surface area (Å²) in [6.07, 6.45) is 0. The molecule has 0 saturated carbocycles. The quantitative estimate of drug-likeness (QED) is 0.763. The maximum absolute atomic E-state index is 9.23. The summed E-state index contributed by atoms with van der Waals surface area (Å²) < 4.78 is 2.80. The van der Waals surface area contributed by atoms with Crippen molar-refractivity contribution >= 4 is 38.8 Å². The van der Waals surface area contributed by atoms with Crippen LogP contribution in [0.2, 0.25) is 3.71 Å². The van der Waals surface area contributed by atoms with Crippen LogP contribution in [0.1, 0.15) is 0 Å². The number of rotatable bonds is 4. The molecule has 3 heteroatoms. The molecule has 0 amide bonds. The van der Waals surface area contributed by atoms with E-state index >= 15 is 0 Å². The molecular weight excluding hydrogens is 340 g/mol. The van der Waals surface area contributed by atoms with Gasteiger partial charge in [-0.1, -0.05) is 0 Å². The van der Waals surface area contributed by atoms with Gasteiger partial charge in [-0.15, -0.1) is 0 Å². The molecule has 2 aromatic rings. The van der Waals surface area contributed by atoms with E-state index in [1.165, 1.54) is 8.92 Å². The van der Waals surface area contributed by atoms with Gasteiger partial charge in [0.05, 0.1) is 0 Å². The van der Waals surface area contributed by atoms with Crippen LogP contribution in [0.15, 0.2) is 60.7 Å². The van der Waals surface area contributed by atoms with Crippen LogP contribution in [-0.4, -0.2) is 29.9 Å². The van der Waals surface area contributed by atoms with E-state index in [-0.39, 0.29) is 33.6 Å². The zero-order chi connectivity index (χ0) is 11.9. The van der Waals surface area contributed by atoms with Gasteiger partial charge >= 0.3 is 115 Å². The van der Waals surface area contributed by atoms with Crippen molar-refractivity contribution in [3.8, 4) is 6.07 Å². The third-order valence-electron chi connectivity index (χ3n) is 2.08. The van der Waals surface area contributed by atoms with Gasteiger partial charge in [0.1, 0.15) is 0 Å². The van der Waals surface area contributed by atoms with Crippen LogP contribution in [0.4, 0.5) is 0 Å². The summed E-state index contributed by atoms with van der Waals surface area (Å²) in [6.45, 7) is 0. The summed E-state index contributed by atoms with van der Waals surface area (Å²) in [7, 11) is 0. The molecule has 0 bridgehead atoms. The molecule has 0 saturated heterocycles. The van der Waals surface area contributed by atoms with Crippen molar-refractivity contribution in [3.63, 3.8) is 0 Å². The van der Waals surface area contributed by atoms with Crippen molar-refractivity contribution in [1.29, 1.82) is 5.26 Å². The minimum atomic E-state index is 0.180. The van der Waals surface area contributed by atoms with E-state index in [4.69, 9.17) is 0 Å². The van der Waals surface area contributed by atoms with Gasteiger partial charge in [0, 0.05) is 0 Å². The molecule has 0 aliphatic carbocycles. The van der Waals surface area contributed by atoms with Crippen LogP contribution >= 0.6 is 0 Å². The SMILES string of the molecule is N#CC([Se]c1ccccc1)[Se]c1ccccc1. The van der Waals surface area contributed by atoms with Crippen LogP contribution in [0.25, 0.3) is 0 Å². The Bertz CT molecular complexity index is 449. The van der Waals surface area contributed by atoms with Crippen LogP contribution < -0.4 is 8.92 Å². The summed E-state index contributed by atoms with van der Waals surface area (Å²) in [5.74, 6) is 0. The first-order valence-corrected chi connectivity index (χ1v) is 8.90. The first-order valence-electron chi connectivity index (χ1n) is 5.21. The topological polar surface area (TPSA) is 23.8 Å². The molecule has 0 spiro atoms. The van der Waals surface area contributed by atoms with E-state index in [0.29, 0.717) is 0 Å². The third kappa shape index (κ3) is 4.04. The average molecular weight is 351 g/mol. The average Bonchev–Trinajstić information content (AvgIpc) is 2.40. The summed E-state index contributed by atoms with van der Waals surface area (Å²) in [6, 6.07) is 23.1. The van der Waals surface area contributed by atoms with E-state index in [9.17, 15) is 5.26 Å². The van der Waals surface area contributed by atoms with E-state index in [1.54, 1.807) is 0 Å². The summed E-state index contributed by atoms with van der Waals surface area (Å²) in [4.78, 5) is 0. The molecule has 17 heavy (non-hydrogen) atoms. The number of benzene rings is 2. The van der Waals surface area contributed by atoms with Gasteiger partial charge in [-0.05, 0) is 0 Å². The molecule has 0 aromatic heterocycles.